The zero-order chi connectivity index (χ0) is 18.5. The Labute approximate surface area is 157 Å². The molecule has 1 aliphatic heterocycles. The number of carbonyl (C=O) groups is 2. The smallest absolute Gasteiger partial charge is 0.258 e. The minimum atomic E-state index is -0.198. The standard InChI is InChI=1S/C20H21ClN2O3/c1-14-11-17(8-9-18(14)21)26-13-19(24)22-12-15-4-6-16(7-5-15)23-10-2-3-20(23)25/h4-9,11H,2-3,10,12-13H2,1H3,(H,22,24). The molecule has 0 saturated carbocycles. The lowest BCUT2D eigenvalue weighted by Gasteiger charge is -2.16. The molecule has 0 radical (unpaired) electrons. The number of nitrogens with zero attached hydrogens (tertiary/aromatic N) is 1. The van der Waals surface area contributed by atoms with E-state index in [0.717, 1.165) is 29.8 Å². The molecule has 2 amide bonds. The first-order valence-corrected chi connectivity index (χ1v) is 8.96. The summed E-state index contributed by atoms with van der Waals surface area (Å²) in [5.74, 6) is 0.582. The molecular formula is C20H21ClN2O3. The number of carbonyl (C=O) groups excluding carboxylic acids is 2. The number of benzene rings is 2. The van der Waals surface area contributed by atoms with Gasteiger partial charge in [0, 0.05) is 30.2 Å². The molecule has 1 heterocycles. The molecule has 1 N–H and O–H groups in total. The van der Waals surface area contributed by atoms with Crippen LogP contribution in [0.5, 0.6) is 5.75 Å². The summed E-state index contributed by atoms with van der Waals surface area (Å²) in [7, 11) is 0. The van der Waals surface area contributed by atoms with E-state index in [1.165, 1.54) is 0 Å². The summed E-state index contributed by atoms with van der Waals surface area (Å²) < 4.78 is 5.48. The van der Waals surface area contributed by atoms with E-state index >= 15 is 0 Å². The summed E-state index contributed by atoms with van der Waals surface area (Å²) in [6, 6.07) is 13.0. The molecule has 0 aromatic heterocycles. The van der Waals surface area contributed by atoms with Crippen LogP contribution in [0.2, 0.25) is 5.02 Å². The monoisotopic (exact) mass is 372 g/mol. The molecule has 1 fully saturated rings. The van der Waals surface area contributed by atoms with Crippen molar-refractivity contribution >= 4 is 29.1 Å². The molecule has 5 nitrogen and oxygen atoms in total. The van der Waals surface area contributed by atoms with Crippen molar-refractivity contribution in [1.29, 1.82) is 0 Å². The first-order chi connectivity index (χ1) is 12.5. The SMILES string of the molecule is Cc1cc(OCC(=O)NCc2ccc(N3CCCC3=O)cc2)ccc1Cl. The van der Waals surface area contributed by atoms with Crippen molar-refractivity contribution < 1.29 is 14.3 Å². The number of nitrogens with one attached hydrogen (secondary N) is 1. The summed E-state index contributed by atoms with van der Waals surface area (Å²) in [6.45, 7) is 3.02. The van der Waals surface area contributed by atoms with Crippen molar-refractivity contribution in [2.24, 2.45) is 0 Å². The van der Waals surface area contributed by atoms with Gasteiger partial charge in [0.25, 0.3) is 5.91 Å². The fourth-order valence-electron chi connectivity index (χ4n) is 2.82. The zero-order valence-corrected chi connectivity index (χ0v) is 15.4. The highest BCUT2D eigenvalue weighted by Gasteiger charge is 2.21. The summed E-state index contributed by atoms with van der Waals surface area (Å²) >= 11 is 5.96. The minimum absolute atomic E-state index is 0.0541. The molecule has 0 aliphatic carbocycles. The summed E-state index contributed by atoms with van der Waals surface area (Å²) in [6.07, 6.45) is 1.52. The molecule has 2 aromatic rings. The highest BCUT2D eigenvalue weighted by atomic mass is 35.5. The van der Waals surface area contributed by atoms with Crippen molar-refractivity contribution in [2.75, 3.05) is 18.1 Å². The van der Waals surface area contributed by atoms with Gasteiger partial charge in [0.15, 0.2) is 6.61 Å². The molecule has 0 unspecified atom stereocenters. The van der Waals surface area contributed by atoms with Crippen molar-refractivity contribution in [3.63, 3.8) is 0 Å². The maximum absolute atomic E-state index is 11.9. The van der Waals surface area contributed by atoms with Crippen molar-refractivity contribution in [2.45, 2.75) is 26.3 Å². The van der Waals surface area contributed by atoms with Crippen LogP contribution in [0, 0.1) is 6.92 Å². The molecule has 26 heavy (non-hydrogen) atoms. The van der Waals surface area contributed by atoms with E-state index in [1.54, 1.807) is 23.1 Å². The van der Waals surface area contributed by atoms with Crippen LogP contribution in [0.1, 0.15) is 24.0 Å². The van der Waals surface area contributed by atoms with Gasteiger partial charge in [0.2, 0.25) is 5.91 Å². The van der Waals surface area contributed by atoms with E-state index in [2.05, 4.69) is 5.32 Å². The largest absolute Gasteiger partial charge is 0.484 e. The van der Waals surface area contributed by atoms with Gasteiger partial charge in [0.05, 0.1) is 0 Å². The van der Waals surface area contributed by atoms with Gasteiger partial charge in [-0.05, 0) is 54.8 Å². The highest BCUT2D eigenvalue weighted by Crippen LogP contribution is 2.22. The lowest BCUT2D eigenvalue weighted by molar-refractivity contribution is -0.123. The maximum Gasteiger partial charge on any atom is 0.258 e. The van der Waals surface area contributed by atoms with E-state index < -0.39 is 0 Å². The number of hydrogen-bond donors (Lipinski definition) is 1. The van der Waals surface area contributed by atoms with Crippen LogP contribution in [0.25, 0.3) is 0 Å². The Morgan fingerprint density at radius 1 is 1.23 bits per heavy atom. The summed E-state index contributed by atoms with van der Waals surface area (Å²) in [5, 5.41) is 3.49. The molecule has 0 atom stereocenters. The first kappa shape index (κ1) is 18.3. The van der Waals surface area contributed by atoms with Gasteiger partial charge in [0.1, 0.15) is 5.75 Å². The second kappa shape index (κ2) is 8.23. The van der Waals surface area contributed by atoms with Crippen LogP contribution < -0.4 is 15.0 Å². The maximum atomic E-state index is 11.9. The Morgan fingerprint density at radius 2 is 2.00 bits per heavy atom. The molecular weight excluding hydrogens is 352 g/mol. The second-order valence-corrected chi connectivity index (χ2v) is 6.70. The summed E-state index contributed by atoms with van der Waals surface area (Å²) in [4.78, 5) is 25.5. The Balaban J connectivity index is 1.46. The minimum Gasteiger partial charge on any atom is -0.484 e. The van der Waals surface area contributed by atoms with E-state index in [1.807, 2.05) is 31.2 Å². The molecule has 1 saturated heterocycles. The fourth-order valence-corrected chi connectivity index (χ4v) is 2.94. The zero-order valence-electron chi connectivity index (χ0n) is 14.6. The van der Waals surface area contributed by atoms with Gasteiger partial charge in [-0.3, -0.25) is 9.59 Å². The second-order valence-electron chi connectivity index (χ2n) is 6.29. The van der Waals surface area contributed by atoms with E-state index in [9.17, 15) is 9.59 Å². The topological polar surface area (TPSA) is 58.6 Å². The third kappa shape index (κ3) is 4.55. The van der Waals surface area contributed by atoms with Crippen molar-refractivity contribution in [3.8, 4) is 5.75 Å². The fraction of sp³-hybridized carbons (Fsp3) is 0.300. The van der Waals surface area contributed by atoms with Crippen LogP contribution in [0.4, 0.5) is 5.69 Å². The van der Waals surface area contributed by atoms with Crippen LogP contribution >= 0.6 is 11.6 Å². The number of anilines is 1. The lowest BCUT2D eigenvalue weighted by atomic mass is 10.2. The van der Waals surface area contributed by atoms with Crippen LogP contribution in [-0.4, -0.2) is 25.0 Å². The van der Waals surface area contributed by atoms with Gasteiger partial charge < -0.3 is 15.0 Å². The Bertz CT molecular complexity index is 805. The van der Waals surface area contributed by atoms with E-state index in [0.29, 0.717) is 23.7 Å². The molecule has 0 spiro atoms. The van der Waals surface area contributed by atoms with E-state index in [4.69, 9.17) is 16.3 Å². The molecule has 1 aliphatic rings. The van der Waals surface area contributed by atoms with Crippen LogP contribution in [-0.2, 0) is 16.1 Å². The van der Waals surface area contributed by atoms with Crippen LogP contribution in [0.15, 0.2) is 42.5 Å². The van der Waals surface area contributed by atoms with Gasteiger partial charge in [-0.25, -0.2) is 0 Å². The number of halogens is 1. The Hall–Kier alpha value is -2.53. The average molecular weight is 373 g/mol. The van der Waals surface area contributed by atoms with Gasteiger partial charge in [-0.15, -0.1) is 0 Å². The number of hydrogen-bond acceptors (Lipinski definition) is 3. The predicted octanol–water partition coefficient (Wildman–Crippen LogP) is 3.47. The van der Waals surface area contributed by atoms with Crippen molar-refractivity contribution in [1.82, 2.24) is 5.32 Å². The molecule has 0 bridgehead atoms. The normalized spacial score (nSPS) is 13.8. The molecule has 3 rings (SSSR count). The number of rotatable bonds is 6. The number of ether oxygens (including phenoxy) is 1. The quantitative estimate of drug-likeness (QED) is 0.844. The highest BCUT2D eigenvalue weighted by molar-refractivity contribution is 6.31. The third-order valence-corrected chi connectivity index (χ3v) is 4.73. The molecule has 136 valence electrons. The molecule has 2 aromatic carbocycles. The third-order valence-electron chi connectivity index (χ3n) is 4.31. The average Bonchev–Trinajstić information content (AvgIpc) is 3.07. The summed E-state index contributed by atoms with van der Waals surface area (Å²) in [5.41, 5.74) is 2.78. The van der Waals surface area contributed by atoms with Gasteiger partial charge >= 0.3 is 0 Å². The molecule has 6 heteroatoms. The number of aryl methyl sites for hydroxylation is 1. The van der Waals surface area contributed by atoms with Crippen molar-refractivity contribution in [3.05, 3.63) is 58.6 Å². The predicted molar refractivity (Wildman–Crippen MR) is 102 cm³/mol. The first-order valence-electron chi connectivity index (χ1n) is 8.58. The number of amides is 2. The van der Waals surface area contributed by atoms with Gasteiger partial charge in [-0.2, -0.15) is 0 Å². The van der Waals surface area contributed by atoms with E-state index in [-0.39, 0.29) is 18.4 Å². The Kier molecular flexibility index (Phi) is 5.78. The van der Waals surface area contributed by atoms with Crippen LogP contribution in [0.3, 0.4) is 0 Å². The Morgan fingerprint density at radius 3 is 2.65 bits per heavy atom. The van der Waals surface area contributed by atoms with Gasteiger partial charge in [-0.1, -0.05) is 23.7 Å². The lowest BCUT2D eigenvalue weighted by Crippen LogP contribution is -2.28.